The number of amides is 1. The topological polar surface area (TPSA) is 49.3 Å². The summed E-state index contributed by atoms with van der Waals surface area (Å²) < 4.78 is 0. The van der Waals surface area contributed by atoms with Gasteiger partial charge in [0.2, 0.25) is 5.91 Å². The number of benzene rings is 1. The van der Waals surface area contributed by atoms with Crippen molar-refractivity contribution in [1.29, 1.82) is 0 Å². The lowest BCUT2D eigenvalue weighted by Crippen LogP contribution is -2.10. The molecule has 1 aromatic rings. The molecule has 0 aliphatic rings. The Bertz CT molecular complexity index is 455. The lowest BCUT2D eigenvalue weighted by Gasteiger charge is -2.06. The third-order valence-corrected chi connectivity index (χ3v) is 2.15. The molecule has 0 saturated heterocycles. The minimum atomic E-state index is -0.161. The van der Waals surface area contributed by atoms with Crippen LogP contribution in [0.1, 0.15) is 30.9 Å². The number of hydrogen-bond donors (Lipinski definition) is 2. The standard InChI is InChI=1S/C14H17NO2/c1-3-5-14(17)15-13-9-11(2)8-12(10-13)6-4-7-16/h8-10,16H,3,5,7H2,1-2H3,(H,15,17). The summed E-state index contributed by atoms with van der Waals surface area (Å²) >= 11 is 0. The first kappa shape index (κ1) is 13.3. The summed E-state index contributed by atoms with van der Waals surface area (Å²) in [6.45, 7) is 3.75. The molecule has 0 aliphatic heterocycles. The first-order chi connectivity index (χ1) is 8.15. The lowest BCUT2D eigenvalue weighted by atomic mass is 10.1. The second-order valence-electron chi connectivity index (χ2n) is 3.85. The summed E-state index contributed by atoms with van der Waals surface area (Å²) in [6.07, 6.45) is 1.35. The molecule has 0 radical (unpaired) electrons. The van der Waals surface area contributed by atoms with Crippen LogP contribution in [0, 0.1) is 18.8 Å². The molecule has 0 aliphatic carbocycles. The van der Waals surface area contributed by atoms with E-state index in [1.54, 1.807) is 0 Å². The fraction of sp³-hybridized carbons (Fsp3) is 0.357. The van der Waals surface area contributed by atoms with Crippen molar-refractivity contribution in [3.05, 3.63) is 29.3 Å². The SMILES string of the molecule is CCCC(=O)Nc1cc(C)cc(C#CCO)c1. The quantitative estimate of drug-likeness (QED) is 0.782. The first-order valence-electron chi connectivity index (χ1n) is 5.67. The monoisotopic (exact) mass is 231 g/mol. The smallest absolute Gasteiger partial charge is 0.224 e. The van der Waals surface area contributed by atoms with Gasteiger partial charge < -0.3 is 10.4 Å². The van der Waals surface area contributed by atoms with E-state index in [0.29, 0.717) is 6.42 Å². The minimum Gasteiger partial charge on any atom is -0.384 e. The molecule has 0 atom stereocenters. The summed E-state index contributed by atoms with van der Waals surface area (Å²) in [4.78, 5) is 11.5. The van der Waals surface area contributed by atoms with Gasteiger partial charge in [0.25, 0.3) is 0 Å². The molecule has 0 heterocycles. The van der Waals surface area contributed by atoms with Gasteiger partial charge in [-0.3, -0.25) is 4.79 Å². The maximum atomic E-state index is 11.5. The van der Waals surface area contributed by atoms with Gasteiger partial charge in [0, 0.05) is 17.7 Å². The molecule has 2 N–H and O–H groups in total. The van der Waals surface area contributed by atoms with Crippen LogP contribution in [0.4, 0.5) is 5.69 Å². The molecule has 0 unspecified atom stereocenters. The third kappa shape index (κ3) is 4.71. The van der Waals surface area contributed by atoms with E-state index >= 15 is 0 Å². The van der Waals surface area contributed by atoms with Gasteiger partial charge in [0.05, 0.1) is 0 Å². The highest BCUT2D eigenvalue weighted by molar-refractivity contribution is 5.90. The van der Waals surface area contributed by atoms with Gasteiger partial charge in [0.1, 0.15) is 6.61 Å². The Balaban J connectivity index is 2.85. The summed E-state index contributed by atoms with van der Waals surface area (Å²) in [5.74, 6) is 5.43. The summed E-state index contributed by atoms with van der Waals surface area (Å²) in [5, 5.41) is 11.5. The van der Waals surface area contributed by atoms with Gasteiger partial charge in [-0.25, -0.2) is 0 Å². The van der Waals surface area contributed by atoms with Gasteiger partial charge in [-0.2, -0.15) is 0 Å². The Hall–Kier alpha value is -1.79. The largest absolute Gasteiger partial charge is 0.384 e. The zero-order valence-corrected chi connectivity index (χ0v) is 10.2. The molecule has 17 heavy (non-hydrogen) atoms. The van der Waals surface area contributed by atoms with Crippen molar-refractivity contribution in [2.75, 3.05) is 11.9 Å². The molecule has 3 heteroatoms. The average molecular weight is 231 g/mol. The number of anilines is 1. The lowest BCUT2D eigenvalue weighted by molar-refractivity contribution is -0.116. The van der Waals surface area contributed by atoms with Crippen molar-refractivity contribution in [2.24, 2.45) is 0 Å². The highest BCUT2D eigenvalue weighted by Gasteiger charge is 2.02. The molecule has 90 valence electrons. The van der Waals surface area contributed by atoms with Crippen LogP contribution in [0.25, 0.3) is 0 Å². The van der Waals surface area contributed by atoms with E-state index in [0.717, 1.165) is 23.2 Å². The number of aliphatic hydroxyl groups is 1. The normalized spacial score (nSPS) is 9.35. The van der Waals surface area contributed by atoms with Crippen molar-refractivity contribution in [3.8, 4) is 11.8 Å². The predicted octanol–water partition coefficient (Wildman–Crippen LogP) is 2.08. The first-order valence-corrected chi connectivity index (χ1v) is 5.67. The second kappa shape index (κ2) is 6.72. The Morgan fingerprint density at radius 3 is 2.82 bits per heavy atom. The number of aliphatic hydroxyl groups excluding tert-OH is 1. The van der Waals surface area contributed by atoms with Crippen molar-refractivity contribution in [3.63, 3.8) is 0 Å². The van der Waals surface area contributed by atoms with Crippen molar-refractivity contribution >= 4 is 11.6 Å². The molecule has 0 fully saturated rings. The van der Waals surface area contributed by atoms with Crippen molar-refractivity contribution in [2.45, 2.75) is 26.7 Å². The van der Waals surface area contributed by atoms with Crippen LogP contribution >= 0.6 is 0 Å². The molecule has 0 bridgehead atoms. The van der Waals surface area contributed by atoms with Gasteiger partial charge in [-0.1, -0.05) is 18.8 Å². The molecule has 1 aromatic carbocycles. The van der Waals surface area contributed by atoms with E-state index in [2.05, 4.69) is 17.2 Å². The fourth-order valence-corrected chi connectivity index (χ4v) is 1.52. The number of carbonyl (C=O) groups excluding carboxylic acids is 1. The van der Waals surface area contributed by atoms with Crippen LogP contribution in [-0.4, -0.2) is 17.6 Å². The molecule has 3 nitrogen and oxygen atoms in total. The van der Waals surface area contributed by atoms with Crippen LogP contribution in [0.5, 0.6) is 0 Å². The van der Waals surface area contributed by atoms with Gasteiger partial charge >= 0.3 is 0 Å². The average Bonchev–Trinajstić information content (AvgIpc) is 2.25. The predicted molar refractivity (Wildman–Crippen MR) is 68.7 cm³/mol. The van der Waals surface area contributed by atoms with E-state index in [9.17, 15) is 4.79 Å². The summed E-state index contributed by atoms with van der Waals surface area (Å²) in [6, 6.07) is 5.62. The Morgan fingerprint density at radius 1 is 1.41 bits per heavy atom. The Morgan fingerprint density at radius 2 is 2.18 bits per heavy atom. The third-order valence-electron chi connectivity index (χ3n) is 2.15. The highest BCUT2D eigenvalue weighted by atomic mass is 16.2. The molecular formula is C14H17NO2. The zero-order chi connectivity index (χ0) is 12.7. The number of aryl methyl sites for hydroxylation is 1. The van der Waals surface area contributed by atoms with Gasteiger partial charge in [-0.15, -0.1) is 0 Å². The molecule has 1 rings (SSSR count). The zero-order valence-electron chi connectivity index (χ0n) is 10.2. The van der Waals surface area contributed by atoms with Crippen molar-refractivity contribution < 1.29 is 9.90 Å². The number of rotatable bonds is 3. The van der Waals surface area contributed by atoms with Crippen LogP contribution in [0.2, 0.25) is 0 Å². The minimum absolute atomic E-state index is 0.0131. The number of nitrogens with one attached hydrogen (secondary N) is 1. The Labute approximate surface area is 102 Å². The maximum Gasteiger partial charge on any atom is 0.224 e. The van der Waals surface area contributed by atoms with Crippen LogP contribution in [0.15, 0.2) is 18.2 Å². The van der Waals surface area contributed by atoms with Crippen LogP contribution in [-0.2, 0) is 4.79 Å². The van der Waals surface area contributed by atoms with Crippen LogP contribution in [0.3, 0.4) is 0 Å². The van der Waals surface area contributed by atoms with Gasteiger partial charge in [-0.05, 0) is 37.1 Å². The van der Waals surface area contributed by atoms with E-state index in [1.807, 2.05) is 32.0 Å². The number of carbonyl (C=O) groups is 1. The Kier molecular flexibility index (Phi) is 5.25. The van der Waals surface area contributed by atoms with Gasteiger partial charge in [0.15, 0.2) is 0 Å². The molecule has 1 amide bonds. The van der Waals surface area contributed by atoms with E-state index in [-0.39, 0.29) is 12.5 Å². The second-order valence-corrected chi connectivity index (χ2v) is 3.85. The molecule has 0 aromatic heterocycles. The summed E-state index contributed by atoms with van der Waals surface area (Å²) in [7, 11) is 0. The van der Waals surface area contributed by atoms with E-state index < -0.39 is 0 Å². The molecular weight excluding hydrogens is 214 g/mol. The molecule has 0 saturated carbocycles. The van der Waals surface area contributed by atoms with Crippen LogP contribution < -0.4 is 5.32 Å². The van der Waals surface area contributed by atoms with E-state index in [1.165, 1.54) is 0 Å². The molecule has 0 spiro atoms. The van der Waals surface area contributed by atoms with Crippen molar-refractivity contribution in [1.82, 2.24) is 0 Å². The number of hydrogen-bond acceptors (Lipinski definition) is 2. The van der Waals surface area contributed by atoms with E-state index in [4.69, 9.17) is 5.11 Å². The maximum absolute atomic E-state index is 11.5. The highest BCUT2D eigenvalue weighted by Crippen LogP contribution is 2.14. The fourth-order valence-electron chi connectivity index (χ4n) is 1.52. The summed E-state index contributed by atoms with van der Waals surface area (Å²) in [5.41, 5.74) is 2.58.